The van der Waals surface area contributed by atoms with Crippen molar-refractivity contribution in [1.82, 2.24) is 5.32 Å². The summed E-state index contributed by atoms with van der Waals surface area (Å²) in [5.41, 5.74) is -1.08. The predicted octanol–water partition coefficient (Wildman–Crippen LogP) is 3.67. The number of benzene rings is 2. The number of nitrogens with one attached hydrogen (secondary N) is 1. The average Bonchev–Trinajstić information content (AvgIpc) is 2.69. The normalized spacial score (nSPS) is 15.3. The van der Waals surface area contributed by atoms with E-state index in [1.807, 2.05) is 5.32 Å². The fourth-order valence-electron chi connectivity index (χ4n) is 2.78. The van der Waals surface area contributed by atoms with E-state index in [0.29, 0.717) is 4.90 Å². The minimum absolute atomic E-state index is 0.0230. The number of hydrogen-bond donors (Lipinski definition) is 2. The number of hydrogen-bond acceptors (Lipinski definition) is 7. The Morgan fingerprint density at radius 2 is 1.90 bits per heavy atom. The molecular weight excluding hydrogens is 453 g/mol. The number of nitro groups is 1. The SMILES string of the molecule is CCOc1cc(C=C2C(=O)NC(=O)N(c3ccc(Cl)c(Cl)c3)C2=O)cc([N+](=O)[O-])c1O. The van der Waals surface area contributed by atoms with E-state index in [1.54, 1.807) is 6.92 Å². The highest BCUT2D eigenvalue weighted by Gasteiger charge is 2.37. The quantitative estimate of drug-likeness (QED) is 0.297. The van der Waals surface area contributed by atoms with Crippen LogP contribution in [0, 0.1) is 10.1 Å². The average molecular weight is 466 g/mol. The molecule has 1 aliphatic heterocycles. The van der Waals surface area contributed by atoms with Crippen LogP contribution in [0.1, 0.15) is 12.5 Å². The number of aromatic hydroxyl groups is 1. The van der Waals surface area contributed by atoms with E-state index in [-0.39, 0.29) is 33.7 Å². The van der Waals surface area contributed by atoms with Crippen molar-refractivity contribution in [3.8, 4) is 11.5 Å². The van der Waals surface area contributed by atoms with Crippen molar-refractivity contribution in [3.63, 3.8) is 0 Å². The maximum absolute atomic E-state index is 12.9. The summed E-state index contributed by atoms with van der Waals surface area (Å²) < 4.78 is 5.18. The van der Waals surface area contributed by atoms with Crippen molar-refractivity contribution >= 4 is 58.5 Å². The molecule has 1 aliphatic rings. The molecule has 0 spiro atoms. The Bertz CT molecular complexity index is 1160. The number of ether oxygens (including phenoxy) is 1. The van der Waals surface area contributed by atoms with Gasteiger partial charge in [0.2, 0.25) is 5.75 Å². The Labute approximate surface area is 184 Å². The molecule has 2 N–H and O–H groups in total. The van der Waals surface area contributed by atoms with E-state index in [0.717, 1.165) is 12.1 Å². The molecule has 4 amide bonds. The van der Waals surface area contributed by atoms with Gasteiger partial charge in [0.25, 0.3) is 11.8 Å². The topological polar surface area (TPSA) is 139 Å². The molecule has 1 fully saturated rings. The molecule has 3 rings (SSSR count). The molecule has 0 unspecified atom stereocenters. The van der Waals surface area contributed by atoms with Crippen molar-refractivity contribution < 1.29 is 29.2 Å². The van der Waals surface area contributed by atoms with Gasteiger partial charge in [-0.15, -0.1) is 0 Å². The van der Waals surface area contributed by atoms with E-state index in [2.05, 4.69) is 0 Å². The summed E-state index contributed by atoms with van der Waals surface area (Å²) in [6.45, 7) is 1.71. The smallest absolute Gasteiger partial charge is 0.335 e. The van der Waals surface area contributed by atoms with Crippen LogP contribution in [0.3, 0.4) is 0 Å². The van der Waals surface area contributed by atoms with Crippen LogP contribution in [0.4, 0.5) is 16.2 Å². The fraction of sp³-hybridized carbons (Fsp3) is 0.105. The number of amides is 4. The molecule has 160 valence electrons. The minimum atomic E-state index is -1.00. The molecule has 1 saturated heterocycles. The van der Waals surface area contributed by atoms with Gasteiger partial charge in [-0.25, -0.2) is 9.69 Å². The number of carbonyl (C=O) groups excluding carboxylic acids is 3. The Morgan fingerprint density at radius 1 is 1.19 bits per heavy atom. The number of phenolic OH excluding ortho intramolecular Hbond substituents is 1. The highest BCUT2D eigenvalue weighted by Crippen LogP contribution is 2.38. The number of urea groups is 1. The molecule has 0 atom stereocenters. The number of nitrogens with zero attached hydrogens (tertiary/aromatic N) is 2. The van der Waals surface area contributed by atoms with Crippen LogP contribution in [-0.4, -0.2) is 34.5 Å². The molecule has 0 aliphatic carbocycles. The minimum Gasteiger partial charge on any atom is -0.500 e. The Morgan fingerprint density at radius 3 is 2.52 bits per heavy atom. The van der Waals surface area contributed by atoms with Gasteiger partial charge < -0.3 is 9.84 Å². The molecule has 2 aromatic rings. The number of imide groups is 2. The van der Waals surface area contributed by atoms with Crippen molar-refractivity contribution in [3.05, 3.63) is 61.6 Å². The third-order valence-corrected chi connectivity index (χ3v) is 4.89. The number of carbonyl (C=O) groups is 3. The van der Waals surface area contributed by atoms with Gasteiger partial charge in [-0.3, -0.25) is 25.0 Å². The summed E-state index contributed by atoms with van der Waals surface area (Å²) in [6.07, 6.45) is 1.05. The molecule has 0 bridgehead atoms. The van der Waals surface area contributed by atoms with Crippen LogP contribution in [0.15, 0.2) is 35.9 Å². The van der Waals surface area contributed by atoms with Gasteiger partial charge in [-0.05, 0) is 42.8 Å². The largest absolute Gasteiger partial charge is 0.500 e. The van der Waals surface area contributed by atoms with Gasteiger partial charge in [0.15, 0.2) is 5.75 Å². The fourth-order valence-corrected chi connectivity index (χ4v) is 3.08. The second kappa shape index (κ2) is 8.62. The van der Waals surface area contributed by atoms with Crippen molar-refractivity contribution in [2.45, 2.75) is 6.92 Å². The first-order valence-corrected chi connectivity index (χ1v) is 9.40. The molecule has 12 heteroatoms. The Kier molecular flexibility index (Phi) is 6.14. The maximum Gasteiger partial charge on any atom is 0.335 e. The summed E-state index contributed by atoms with van der Waals surface area (Å²) in [5, 5.41) is 23.5. The molecule has 0 aromatic heterocycles. The van der Waals surface area contributed by atoms with Crippen LogP contribution >= 0.6 is 23.2 Å². The first kappa shape index (κ1) is 22.1. The van der Waals surface area contributed by atoms with Crippen molar-refractivity contribution in [2.75, 3.05) is 11.5 Å². The zero-order chi connectivity index (χ0) is 22.9. The Balaban J connectivity index is 2.09. The van der Waals surface area contributed by atoms with Crippen LogP contribution in [0.25, 0.3) is 6.08 Å². The third-order valence-electron chi connectivity index (χ3n) is 4.15. The number of rotatable bonds is 5. The van der Waals surface area contributed by atoms with E-state index < -0.39 is 39.8 Å². The zero-order valence-corrected chi connectivity index (χ0v) is 17.2. The van der Waals surface area contributed by atoms with Crippen LogP contribution < -0.4 is 15.0 Å². The van der Waals surface area contributed by atoms with E-state index in [4.69, 9.17) is 27.9 Å². The molecule has 2 aromatic carbocycles. The Hall–Kier alpha value is -3.63. The van der Waals surface area contributed by atoms with Gasteiger partial charge in [0.1, 0.15) is 5.57 Å². The summed E-state index contributed by atoms with van der Waals surface area (Å²) >= 11 is 11.8. The third kappa shape index (κ3) is 4.30. The van der Waals surface area contributed by atoms with E-state index in [1.165, 1.54) is 24.3 Å². The van der Waals surface area contributed by atoms with Gasteiger partial charge in [-0.1, -0.05) is 23.2 Å². The first-order chi connectivity index (χ1) is 14.6. The molecule has 1 heterocycles. The predicted molar refractivity (Wildman–Crippen MR) is 111 cm³/mol. The maximum atomic E-state index is 12.9. The first-order valence-electron chi connectivity index (χ1n) is 8.64. The van der Waals surface area contributed by atoms with Gasteiger partial charge >= 0.3 is 11.7 Å². The van der Waals surface area contributed by atoms with E-state index >= 15 is 0 Å². The van der Waals surface area contributed by atoms with Crippen LogP contribution in [0.2, 0.25) is 10.0 Å². The number of nitro benzene ring substituents is 1. The lowest BCUT2D eigenvalue weighted by Gasteiger charge is -2.26. The second-order valence-corrected chi connectivity index (χ2v) is 6.95. The molecular formula is C19H13Cl2N3O7. The highest BCUT2D eigenvalue weighted by molar-refractivity contribution is 6.43. The molecule has 0 saturated carbocycles. The van der Waals surface area contributed by atoms with Gasteiger partial charge in [-0.2, -0.15) is 0 Å². The lowest BCUT2D eigenvalue weighted by Crippen LogP contribution is -2.54. The van der Waals surface area contributed by atoms with Crippen molar-refractivity contribution in [1.29, 1.82) is 0 Å². The second-order valence-electron chi connectivity index (χ2n) is 6.13. The molecule has 31 heavy (non-hydrogen) atoms. The van der Waals surface area contributed by atoms with Crippen LogP contribution in [-0.2, 0) is 9.59 Å². The standard InChI is InChI=1S/C19H13Cl2N3O7/c1-2-31-15-7-9(6-14(16(15)25)24(29)30)5-11-17(26)22-19(28)23(18(11)27)10-3-4-12(20)13(21)8-10/h3-8,25H,2H2,1H3,(H,22,26,28). The molecule has 10 nitrogen and oxygen atoms in total. The van der Waals surface area contributed by atoms with Crippen molar-refractivity contribution in [2.24, 2.45) is 0 Å². The summed E-state index contributed by atoms with van der Waals surface area (Å²) in [4.78, 5) is 48.6. The lowest BCUT2D eigenvalue weighted by atomic mass is 10.1. The zero-order valence-electron chi connectivity index (χ0n) is 15.7. The van der Waals surface area contributed by atoms with Crippen LogP contribution in [0.5, 0.6) is 11.5 Å². The highest BCUT2D eigenvalue weighted by atomic mass is 35.5. The summed E-state index contributed by atoms with van der Waals surface area (Å²) in [6, 6.07) is 5.18. The number of anilines is 1. The van der Waals surface area contributed by atoms with E-state index in [9.17, 15) is 29.6 Å². The monoisotopic (exact) mass is 465 g/mol. The molecule has 0 radical (unpaired) electrons. The number of phenols is 1. The number of barbiturate groups is 1. The van der Waals surface area contributed by atoms with Gasteiger partial charge in [0, 0.05) is 6.07 Å². The summed E-state index contributed by atoms with van der Waals surface area (Å²) in [7, 11) is 0. The summed E-state index contributed by atoms with van der Waals surface area (Å²) in [5.74, 6) is -2.88. The lowest BCUT2D eigenvalue weighted by molar-refractivity contribution is -0.386. The van der Waals surface area contributed by atoms with Gasteiger partial charge in [0.05, 0.1) is 27.3 Å². The number of halogens is 2.